The van der Waals surface area contributed by atoms with Crippen molar-refractivity contribution in [1.82, 2.24) is 15.3 Å². The molecule has 100 valence electrons. The monoisotopic (exact) mass is 255 g/mol. The zero-order valence-electron chi connectivity index (χ0n) is 11.7. The highest BCUT2D eigenvalue weighted by molar-refractivity contribution is 5.61. The van der Waals surface area contributed by atoms with Gasteiger partial charge in [-0.3, -0.25) is 0 Å². The zero-order chi connectivity index (χ0) is 13.3. The van der Waals surface area contributed by atoms with Crippen molar-refractivity contribution in [1.29, 1.82) is 0 Å². The van der Waals surface area contributed by atoms with Gasteiger partial charge >= 0.3 is 0 Å². The highest BCUT2D eigenvalue weighted by atomic mass is 15.0. The second kappa shape index (κ2) is 4.82. The second-order valence-corrected chi connectivity index (χ2v) is 5.74. The smallest absolute Gasteiger partial charge is 0.113 e. The van der Waals surface area contributed by atoms with E-state index in [-0.39, 0.29) is 5.41 Å². The fraction of sp³-hybridized carbons (Fsp3) is 0.438. The van der Waals surface area contributed by atoms with Gasteiger partial charge in [0.2, 0.25) is 0 Å². The molecule has 19 heavy (non-hydrogen) atoms. The molecule has 2 aromatic rings. The molecular formula is C16H21N3. The van der Waals surface area contributed by atoms with Gasteiger partial charge < -0.3 is 10.3 Å². The van der Waals surface area contributed by atoms with Crippen LogP contribution < -0.4 is 5.32 Å². The number of nitrogens with zero attached hydrogens (tertiary/aromatic N) is 1. The molecule has 1 aliphatic heterocycles. The van der Waals surface area contributed by atoms with Crippen LogP contribution in [0.3, 0.4) is 0 Å². The average Bonchev–Trinajstić information content (AvgIpc) is 2.84. The number of aromatic amines is 1. The fourth-order valence-corrected chi connectivity index (χ4v) is 2.84. The first-order valence-electron chi connectivity index (χ1n) is 7.02. The van der Waals surface area contributed by atoms with Crippen molar-refractivity contribution >= 4 is 0 Å². The lowest BCUT2D eigenvalue weighted by molar-refractivity contribution is 0.321. The van der Waals surface area contributed by atoms with Crippen LogP contribution >= 0.6 is 0 Å². The number of benzene rings is 1. The van der Waals surface area contributed by atoms with E-state index >= 15 is 0 Å². The Hall–Kier alpha value is -1.61. The molecule has 2 N–H and O–H groups in total. The van der Waals surface area contributed by atoms with Crippen molar-refractivity contribution in [2.24, 2.45) is 0 Å². The maximum absolute atomic E-state index is 4.89. The third-order valence-electron chi connectivity index (χ3n) is 4.21. The normalized spacial score (nSPS) is 18.4. The van der Waals surface area contributed by atoms with Crippen molar-refractivity contribution in [3.8, 4) is 11.3 Å². The molecular weight excluding hydrogens is 234 g/mol. The van der Waals surface area contributed by atoms with E-state index in [4.69, 9.17) is 4.98 Å². The molecule has 0 amide bonds. The minimum atomic E-state index is 0.184. The summed E-state index contributed by atoms with van der Waals surface area (Å²) in [6.07, 6.45) is 2.29. The van der Waals surface area contributed by atoms with Gasteiger partial charge in [-0.15, -0.1) is 0 Å². The van der Waals surface area contributed by atoms with E-state index in [0.717, 1.165) is 37.4 Å². The van der Waals surface area contributed by atoms with Crippen molar-refractivity contribution < 1.29 is 0 Å². The van der Waals surface area contributed by atoms with Crippen molar-refractivity contribution in [3.63, 3.8) is 0 Å². The first kappa shape index (κ1) is 12.4. The molecule has 0 radical (unpaired) electrons. The van der Waals surface area contributed by atoms with E-state index in [2.05, 4.69) is 48.4 Å². The molecule has 1 aliphatic rings. The number of piperidine rings is 1. The second-order valence-electron chi connectivity index (χ2n) is 5.74. The molecule has 3 nitrogen and oxygen atoms in total. The number of aromatic nitrogens is 2. The number of hydrogen-bond donors (Lipinski definition) is 2. The summed E-state index contributed by atoms with van der Waals surface area (Å²) in [4.78, 5) is 8.41. The number of imidazole rings is 1. The Morgan fingerprint density at radius 3 is 2.47 bits per heavy atom. The molecule has 1 aromatic carbocycles. The van der Waals surface area contributed by atoms with Crippen LogP contribution in [0.1, 0.15) is 31.3 Å². The standard InChI is InChI=1S/C16H21N3/c1-12-14(13-6-4-3-5-7-13)19-15(18-12)16(2)8-10-17-11-9-16/h3-7,17H,8-11H2,1-2H3,(H,18,19). The third-order valence-corrected chi connectivity index (χ3v) is 4.21. The number of H-pyrrole nitrogens is 1. The van der Waals surface area contributed by atoms with Gasteiger partial charge in [-0.25, -0.2) is 4.98 Å². The molecule has 1 saturated heterocycles. The Bertz CT molecular complexity index is 551. The van der Waals surface area contributed by atoms with Gasteiger partial charge in [0, 0.05) is 16.7 Å². The Labute approximate surface area is 114 Å². The largest absolute Gasteiger partial charge is 0.345 e. The summed E-state index contributed by atoms with van der Waals surface area (Å²) in [7, 11) is 0. The summed E-state index contributed by atoms with van der Waals surface area (Å²) in [5.41, 5.74) is 3.64. The van der Waals surface area contributed by atoms with Crippen molar-refractivity contribution in [3.05, 3.63) is 41.9 Å². The summed E-state index contributed by atoms with van der Waals surface area (Å²) in [5, 5.41) is 3.42. The average molecular weight is 255 g/mol. The van der Waals surface area contributed by atoms with E-state index < -0.39 is 0 Å². The predicted molar refractivity (Wildman–Crippen MR) is 78.2 cm³/mol. The lowest BCUT2D eigenvalue weighted by Crippen LogP contribution is -2.38. The highest BCUT2D eigenvalue weighted by Crippen LogP contribution is 2.33. The van der Waals surface area contributed by atoms with E-state index in [9.17, 15) is 0 Å². The van der Waals surface area contributed by atoms with Crippen LogP contribution in [0.4, 0.5) is 0 Å². The quantitative estimate of drug-likeness (QED) is 0.866. The Morgan fingerprint density at radius 1 is 1.11 bits per heavy atom. The molecule has 0 aliphatic carbocycles. The van der Waals surface area contributed by atoms with Gasteiger partial charge in [0.25, 0.3) is 0 Å². The maximum Gasteiger partial charge on any atom is 0.113 e. The van der Waals surface area contributed by atoms with Crippen LogP contribution in [0.15, 0.2) is 30.3 Å². The Balaban J connectivity index is 1.97. The third kappa shape index (κ3) is 2.30. The minimum absolute atomic E-state index is 0.184. The summed E-state index contributed by atoms with van der Waals surface area (Å²) >= 11 is 0. The summed E-state index contributed by atoms with van der Waals surface area (Å²) in [6, 6.07) is 10.4. The first-order chi connectivity index (χ1) is 9.19. The summed E-state index contributed by atoms with van der Waals surface area (Å²) < 4.78 is 0. The number of nitrogens with one attached hydrogen (secondary N) is 2. The van der Waals surface area contributed by atoms with Gasteiger partial charge in [0.1, 0.15) is 5.82 Å². The minimum Gasteiger partial charge on any atom is -0.345 e. The molecule has 0 unspecified atom stereocenters. The predicted octanol–water partition coefficient (Wildman–Crippen LogP) is 3.03. The molecule has 0 bridgehead atoms. The number of hydrogen-bond acceptors (Lipinski definition) is 2. The van der Waals surface area contributed by atoms with Crippen LogP contribution in [0.5, 0.6) is 0 Å². The number of aryl methyl sites for hydroxylation is 1. The Morgan fingerprint density at radius 2 is 1.79 bits per heavy atom. The lowest BCUT2D eigenvalue weighted by Gasteiger charge is -2.32. The van der Waals surface area contributed by atoms with Crippen LogP contribution in [-0.2, 0) is 5.41 Å². The molecule has 3 heteroatoms. The SMILES string of the molecule is Cc1[nH]c(C2(C)CCNCC2)nc1-c1ccccc1. The van der Waals surface area contributed by atoms with Crippen molar-refractivity contribution in [2.75, 3.05) is 13.1 Å². The van der Waals surface area contributed by atoms with E-state index in [1.54, 1.807) is 0 Å². The fourth-order valence-electron chi connectivity index (χ4n) is 2.84. The lowest BCUT2D eigenvalue weighted by atomic mass is 9.80. The first-order valence-corrected chi connectivity index (χ1v) is 7.02. The summed E-state index contributed by atoms with van der Waals surface area (Å²) in [6.45, 7) is 6.60. The molecule has 0 atom stereocenters. The van der Waals surface area contributed by atoms with Gasteiger partial charge in [0.15, 0.2) is 0 Å². The molecule has 0 spiro atoms. The molecule has 2 heterocycles. The molecule has 1 aromatic heterocycles. The van der Waals surface area contributed by atoms with Crippen LogP contribution in [0, 0.1) is 6.92 Å². The topological polar surface area (TPSA) is 40.7 Å². The van der Waals surface area contributed by atoms with Gasteiger partial charge in [0.05, 0.1) is 5.69 Å². The number of rotatable bonds is 2. The summed E-state index contributed by atoms with van der Waals surface area (Å²) in [5.74, 6) is 1.14. The van der Waals surface area contributed by atoms with Crippen LogP contribution in [-0.4, -0.2) is 23.1 Å². The van der Waals surface area contributed by atoms with Crippen LogP contribution in [0.2, 0.25) is 0 Å². The van der Waals surface area contributed by atoms with Gasteiger partial charge in [-0.1, -0.05) is 37.3 Å². The van der Waals surface area contributed by atoms with E-state index in [1.165, 1.54) is 11.3 Å². The van der Waals surface area contributed by atoms with Gasteiger partial charge in [-0.2, -0.15) is 0 Å². The molecule has 3 rings (SSSR count). The zero-order valence-corrected chi connectivity index (χ0v) is 11.7. The van der Waals surface area contributed by atoms with Crippen LogP contribution in [0.25, 0.3) is 11.3 Å². The molecule has 0 saturated carbocycles. The maximum atomic E-state index is 4.89. The Kier molecular flexibility index (Phi) is 3.15. The highest BCUT2D eigenvalue weighted by Gasteiger charge is 2.32. The van der Waals surface area contributed by atoms with Gasteiger partial charge in [-0.05, 0) is 32.9 Å². The molecule has 1 fully saturated rings. The van der Waals surface area contributed by atoms with E-state index in [0.29, 0.717) is 0 Å². The van der Waals surface area contributed by atoms with E-state index in [1.807, 2.05) is 6.07 Å². The van der Waals surface area contributed by atoms with Crippen molar-refractivity contribution in [2.45, 2.75) is 32.1 Å².